The Morgan fingerprint density at radius 1 is 1.33 bits per heavy atom. The lowest BCUT2D eigenvalue weighted by molar-refractivity contribution is 0.202. The molecule has 0 spiro atoms. The molecule has 1 heterocycles. The summed E-state index contributed by atoms with van der Waals surface area (Å²) in [5.41, 5.74) is 7.82. The van der Waals surface area contributed by atoms with Crippen molar-refractivity contribution >= 4 is 10.9 Å². The maximum atomic E-state index is 5.84. The van der Waals surface area contributed by atoms with Crippen molar-refractivity contribution in [3.8, 4) is 5.88 Å². The third kappa shape index (κ3) is 2.79. The molecule has 2 N–H and O–H groups in total. The Labute approximate surface area is 108 Å². The van der Waals surface area contributed by atoms with Gasteiger partial charge in [-0.05, 0) is 25.0 Å². The van der Waals surface area contributed by atoms with Gasteiger partial charge in [-0.1, -0.05) is 31.5 Å². The third-order valence-electron chi connectivity index (χ3n) is 3.02. The largest absolute Gasteiger partial charge is 0.475 e. The van der Waals surface area contributed by atoms with Gasteiger partial charge in [0.15, 0.2) is 0 Å². The topological polar surface area (TPSA) is 48.1 Å². The normalized spacial score (nSPS) is 12.6. The van der Waals surface area contributed by atoms with Crippen molar-refractivity contribution in [3.05, 3.63) is 35.9 Å². The molecule has 0 aliphatic rings. The van der Waals surface area contributed by atoms with Crippen LogP contribution in [0.5, 0.6) is 5.88 Å². The molecule has 1 unspecified atom stereocenters. The molecule has 0 bridgehead atoms. The van der Waals surface area contributed by atoms with Crippen LogP contribution in [0.3, 0.4) is 0 Å². The Hall–Kier alpha value is -1.61. The Balaban J connectivity index is 2.34. The van der Waals surface area contributed by atoms with Crippen molar-refractivity contribution in [1.29, 1.82) is 0 Å². The SMILES string of the molecule is CCCC(C)Oc1cc(CN)c2ccccc2n1. The number of fused-ring (bicyclic) bond motifs is 1. The Morgan fingerprint density at radius 2 is 2.11 bits per heavy atom. The molecule has 0 saturated heterocycles. The van der Waals surface area contributed by atoms with Gasteiger partial charge in [-0.15, -0.1) is 0 Å². The van der Waals surface area contributed by atoms with Crippen molar-refractivity contribution < 1.29 is 4.74 Å². The lowest BCUT2D eigenvalue weighted by Crippen LogP contribution is -2.12. The predicted molar refractivity (Wildman–Crippen MR) is 74.6 cm³/mol. The highest BCUT2D eigenvalue weighted by molar-refractivity contribution is 5.82. The summed E-state index contributed by atoms with van der Waals surface area (Å²) in [5, 5.41) is 1.11. The highest BCUT2D eigenvalue weighted by Crippen LogP contribution is 2.22. The molecule has 1 atom stereocenters. The van der Waals surface area contributed by atoms with Crippen LogP contribution in [0.25, 0.3) is 10.9 Å². The molecule has 1 aromatic carbocycles. The molecule has 0 aliphatic carbocycles. The van der Waals surface area contributed by atoms with E-state index in [-0.39, 0.29) is 6.10 Å². The first-order valence-electron chi connectivity index (χ1n) is 6.50. The average molecular weight is 244 g/mol. The van der Waals surface area contributed by atoms with Gasteiger partial charge in [0.05, 0.1) is 11.6 Å². The van der Waals surface area contributed by atoms with Gasteiger partial charge < -0.3 is 10.5 Å². The van der Waals surface area contributed by atoms with Crippen LogP contribution in [0.15, 0.2) is 30.3 Å². The average Bonchev–Trinajstić information content (AvgIpc) is 2.38. The molecule has 18 heavy (non-hydrogen) atoms. The van der Waals surface area contributed by atoms with Gasteiger partial charge in [-0.3, -0.25) is 0 Å². The van der Waals surface area contributed by atoms with Gasteiger partial charge in [0, 0.05) is 18.0 Å². The number of nitrogens with zero attached hydrogens (tertiary/aromatic N) is 1. The van der Waals surface area contributed by atoms with Crippen molar-refractivity contribution in [2.45, 2.75) is 39.3 Å². The van der Waals surface area contributed by atoms with Crippen LogP contribution in [-0.4, -0.2) is 11.1 Å². The first kappa shape index (κ1) is 12.8. The van der Waals surface area contributed by atoms with E-state index in [1.54, 1.807) is 0 Å². The summed E-state index contributed by atoms with van der Waals surface area (Å²) >= 11 is 0. The summed E-state index contributed by atoms with van der Waals surface area (Å²) in [5.74, 6) is 0.676. The number of nitrogens with two attached hydrogens (primary N) is 1. The Morgan fingerprint density at radius 3 is 2.83 bits per heavy atom. The molecule has 0 fully saturated rings. The van der Waals surface area contributed by atoms with Gasteiger partial charge >= 0.3 is 0 Å². The van der Waals surface area contributed by atoms with Crippen molar-refractivity contribution in [2.75, 3.05) is 0 Å². The molecule has 1 aromatic heterocycles. The molecule has 0 aliphatic heterocycles. The molecule has 2 rings (SSSR count). The summed E-state index contributed by atoms with van der Waals surface area (Å²) in [4.78, 5) is 4.53. The first-order valence-corrected chi connectivity index (χ1v) is 6.50. The smallest absolute Gasteiger partial charge is 0.214 e. The highest BCUT2D eigenvalue weighted by atomic mass is 16.5. The van der Waals surface area contributed by atoms with Crippen LogP contribution in [0.1, 0.15) is 32.3 Å². The van der Waals surface area contributed by atoms with Gasteiger partial charge in [-0.25, -0.2) is 4.98 Å². The monoisotopic (exact) mass is 244 g/mol. The molecule has 3 nitrogen and oxygen atoms in total. The number of hydrogen-bond donors (Lipinski definition) is 1. The standard InChI is InChI=1S/C15H20N2O/c1-3-6-11(2)18-15-9-12(10-16)13-7-4-5-8-14(13)17-15/h4-5,7-9,11H,3,6,10,16H2,1-2H3. The van der Waals surface area contributed by atoms with Crippen LogP contribution in [0.2, 0.25) is 0 Å². The van der Waals surface area contributed by atoms with E-state index in [1.807, 2.05) is 30.3 Å². The molecule has 0 amide bonds. The minimum absolute atomic E-state index is 0.189. The second kappa shape index (κ2) is 5.83. The first-order chi connectivity index (χ1) is 8.74. The zero-order chi connectivity index (χ0) is 13.0. The zero-order valence-corrected chi connectivity index (χ0v) is 11.0. The summed E-state index contributed by atoms with van der Waals surface area (Å²) in [6.07, 6.45) is 2.33. The number of rotatable bonds is 5. The van der Waals surface area contributed by atoms with Gasteiger partial charge in [-0.2, -0.15) is 0 Å². The molecule has 3 heteroatoms. The Bertz CT molecular complexity index is 525. The summed E-state index contributed by atoms with van der Waals surface area (Å²) in [6, 6.07) is 9.97. The fraction of sp³-hybridized carbons (Fsp3) is 0.400. The van der Waals surface area contributed by atoms with E-state index in [0.29, 0.717) is 12.4 Å². The molecule has 2 aromatic rings. The molecule has 0 radical (unpaired) electrons. The minimum Gasteiger partial charge on any atom is -0.475 e. The zero-order valence-electron chi connectivity index (χ0n) is 11.0. The van der Waals surface area contributed by atoms with E-state index in [4.69, 9.17) is 10.5 Å². The van der Waals surface area contributed by atoms with E-state index in [0.717, 1.165) is 29.3 Å². The molecule has 96 valence electrons. The maximum Gasteiger partial charge on any atom is 0.214 e. The number of ether oxygens (including phenoxy) is 1. The van der Waals surface area contributed by atoms with Crippen molar-refractivity contribution in [2.24, 2.45) is 5.73 Å². The van der Waals surface area contributed by atoms with E-state index < -0.39 is 0 Å². The summed E-state index contributed by atoms with van der Waals surface area (Å²) in [6.45, 7) is 4.73. The predicted octanol–water partition coefficient (Wildman–Crippen LogP) is 3.26. The second-order valence-electron chi connectivity index (χ2n) is 4.56. The van der Waals surface area contributed by atoms with E-state index >= 15 is 0 Å². The number of benzene rings is 1. The third-order valence-corrected chi connectivity index (χ3v) is 3.02. The van der Waals surface area contributed by atoms with Gasteiger partial charge in [0.2, 0.25) is 5.88 Å². The molecular weight excluding hydrogens is 224 g/mol. The van der Waals surface area contributed by atoms with E-state index in [2.05, 4.69) is 18.8 Å². The maximum absolute atomic E-state index is 5.84. The fourth-order valence-electron chi connectivity index (χ4n) is 2.12. The van der Waals surface area contributed by atoms with Crippen LogP contribution in [0, 0.1) is 0 Å². The second-order valence-corrected chi connectivity index (χ2v) is 4.56. The fourth-order valence-corrected chi connectivity index (χ4v) is 2.12. The summed E-state index contributed by atoms with van der Waals surface area (Å²) < 4.78 is 5.84. The number of aromatic nitrogens is 1. The minimum atomic E-state index is 0.189. The Kier molecular flexibility index (Phi) is 4.15. The molecular formula is C15H20N2O. The lowest BCUT2D eigenvalue weighted by Gasteiger charge is -2.14. The molecule has 0 saturated carbocycles. The van der Waals surface area contributed by atoms with Gasteiger partial charge in [0.1, 0.15) is 0 Å². The number of para-hydroxylation sites is 1. The quantitative estimate of drug-likeness (QED) is 0.878. The highest BCUT2D eigenvalue weighted by Gasteiger charge is 2.08. The van der Waals surface area contributed by atoms with Crippen LogP contribution < -0.4 is 10.5 Å². The lowest BCUT2D eigenvalue weighted by atomic mass is 10.1. The number of hydrogen-bond acceptors (Lipinski definition) is 3. The van der Waals surface area contributed by atoms with Crippen LogP contribution >= 0.6 is 0 Å². The van der Waals surface area contributed by atoms with Crippen LogP contribution in [0.4, 0.5) is 0 Å². The van der Waals surface area contributed by atoms with Crippen molar-refractivity contribution in [1.82, 2.24) is 4.98 Å². The van der Waals surface area contributed by atoms with Crippen LogP contribution in [-0.2, 0) is 6.54 Å². The summed E-state index contributed by atoms with van der Waals surface area (Å²) in [7, 11) is 0. The van der Waals surface area contributed by atoms with E-state index in [9.17, 15) is 0 Å². The van der Waals surface area contributed by atoms with E-state index in [1.165, 1.54) is 0 Å². The van der Waals surface area contributed by atoms with Crippen molar-refractivity contribution in [3.63, 3.8) is 0 Å². The van der Waals surface area contributed by atoms with Gasteiger partial charge in [0.25, 0.3) is 0 Å². The number of pyridine rings is 1.